The number of likely N-dealkylation sites (tertiary alicyclic amines) is 1. The summed E-state index contributed by atoms with van der Waals surface area (Å²) in [5, 5.41) is 31.4. The zero-order chi connectivity index (χ0) is 25.8. The van der Waals surface area contributed by atoms with E-state index in [2.05, 4.69) is 36.0 Å². The molecule has 190 valence electrons. The van der Waals surface area contributed by atoms with Gasteiger partial charge in [0.05, 0.1) is 11.3 Å². The van der Waals surface area contributed by atoms with E-state index in [0.717, 1.165) is 44.9 Å². The fourth-order valence-corrected chi connectivity index (χ4v) is 3.75. The van der Waals surface area contributed by atoms with E-state index in [1.54, 1.807) is 14.0 Å². The van der Waals surface area contributed by atoms with Gasteiger partial charge in [0.1, 0.15) is 23.9 Å². The van der Waals surface area contributed by atoms with Gasteiger partial charge in [0, 0.05) is 50.9 Å². The Morgan fingerprint density at radius 3 is 2.71 bits per heavy atom. The summed E-state index contributed by atoms with van der Waals surface area (Å²) in [4.78, 5) is 12.8. The standard InChI is InChI=1S/C21H23F2N5O3.C3H8O/c1-13-8-16(31-21(22)23)10-18(30)19(13)17-9-14(11-24)20(27-26-17)25-15-4-2-5-28(12-15)6-3-7-29;1-3-4-2/h7-10,15,21,30H,2-6,12H2,1H3,(H,25,27);3H2,1-2H3. The Labute approximate surface area is 203 Å². The lowest BCUT2D eigenvalue weighted by molar-refractivity contribution is -0.108. The molecular formula is C24H31F2N5O4. The second-order valence-electron chi connectivity index (χ2n) is 7.93. The second kappa shape index (κ2) is 14.1. The van der Waals surface area contributed by atoms with Crippen molar-refractivity contribution in [3.8, 4) is 28.8 Å². The molecule has 0 amide bonds. The van der Waals surface area contributed by atoms with Crippen LogP contribution < -0.4 is 10.1 Å². The van der Waals surface area contributed by atoms with Gasteiger partial charge in [0.15, 0.2) is 5.82 Å². The van der Waals surface area contributed by atoms with Gasteiger partial charge in [-0.05, 0) is 50.9 Å². The smallest absolute Gasteiger partial charge is 0.387 e. The average Bonchev–Trinajstić information content (AvgIpc) is 2.83. The molecule has 3 rings (SSSR count). The van der Waals surface area contributed by atoms with Crippen LogP contribution in [0.2, 0.25) is 0 Å². The number of hydrogen-bond acceptors (Lipinski definition) is 9. The van der Waals surface area contributed by atoms with E-state index in [1.807, 2.05) is 6.92 Å². The molecule has 9 nitrogen and oxygen atoms in total. The number of nitrogens with one attached hydrogen (secondary N) is 1. The van der Waals surface area contributed by atoms with Crippen LogP contribution in [-0.4, -0.2) is 72.5 Å². The summed E-state index contributed by atoms with van der Waals surface area (Å²) in [6.45, 7) is 3.73. The highest BCUT2D eigenvalue weighted by atomic mass is 19.3. The van der Waals surface area contributed by atoms with Gasteiger partial charge < -0.3 is 29.6 Å². The van der Waals surface area contributed by atoms with Crippen LogP contribution in [0.1, 0.15) is 37.3 Å². The number of rotatable bonds is 9. The van der Waals surface area contributed by atoms with Gasteiger partial charge in [0.2, 0.25) is 0 Å². The highest BCUT2D eigenvalue weighted by molar-refractivity contribution is 5.73. The monoisotopic (exact) mass is 491 g/mol. The van der Waals surface area contributed by atoms with Crippen molar-refractivity contribution in [1.82, 2.24) is 15.1 Å². The minimum absolute atomic E-state index is 0.0635. The number of ether oxygens (including phenoxy) is 2. The Morgan fingerprint density at radius 2 is 2.11 bits per heavy atom. The van der Waals surface area contributed by atoms with E-state index < -0.39 is 6.61 Å². The maximum absolute atomic E-state index is 12.4. The number of phenols is 1. The third-order valence-electron chi connectivity index (χ3n) is 5.38. The Hall–Kier alpha value is -3.36. The molecule has 1 aromatic carbocycles. The largest absolute Gasteiger partial charge is 0.507 e. The van der Waals surface area contributed by atoms with Crippen LogP contribution in [0.4, 0.5) is 14.6 Å². The molecule has 1 aromatic heterocycles. The molecule has 2 heterocycles. The van der Waals surface area contributed by atoms with Crippen LogP contribution in [0.15, 0.2) is 18.2 Å². The number of nitriles is 1. The zero-order valence-corrected chi connectivity index (χ0v) is 20.1. The maximum atomic E-state index is 12.4. The van der Waals surface area contributed by atoms with Crippen molar-refractivity contribution >= 4 is 12.1 Å². The molecule has 1 aliphatic rings. The van der Waals surface area contributed by atoms with E-state index in [4.69, 9.17) is 0 Å². The minimum atomic E-state index is -3.01. The molecule has 2 N–H and O–H groups in total. The quantitative estimate of drug-likeness (QED) is 0.505. The molecule has 1 atom stereocenters. The highest BCUT2D eigenvalue weighted by Gasteiger charge is 2.22. The van der Waals surface area contributed by atoms with Crippen molar-refractivity contribution < 1.29 is 28.2 Å². The van der Waals surface area contributed by atoms with Gasteiger partial charge >= 0.3 is 6.61 Å². The van der Waals surface area contributed by atoms with Crippen molar-refractivity contribution in [2.24, 2.45) is 0 Å². The molecule has 1 saturated heterocycles. The number of methoxy groups -OCH3 is 1. The van der Waals surface area contributed by atoms with Gasteiger partial charge in [-0.2, -0.15) is 14.0 Å². The Morgan fingerprint density at radius 1 is 1.37 bits per heavy atom. The van der Waals surface area contributed by atoms with Crippen molar-refractivity contribution in [2.45, 2.75) is 45.8 Å². The first kappa shape index (κ1) is 27.9. The van der Waals surface area contributed by atoms with E-state index in [0.29, 0.717) is 24.3 Å². The molecule has 2 aromatic rings. The number of aldehydes is 1. The summed E-state index contributed by atoms with van der Waals surface area (Å²) >= 11 is 0. The lowest BCUT2D eigenvalue weighted by atomic mass is 10.0. The molecule has 1 unspecified atom stereocenters. The Kier molecular flexibility index (Phi) is 11.3. The number of aryl methyl sites for hydroxylation is 1. The number of piperidine rings is 1. The predicted molar refractivity (Wildman–Crippen MR) is 127 cm³/mol. The van der Waals surface area contributed by atoms with Crippen molar-refractivity contribution in [1.29, 1.82) is 5.26 Å². The molecule has 0 bridgehead atoms. The number of anilines is 1. The number of phenolic OH excluding ortho intramolecular Hbond substituents is 1. The molecule has 1 aliphatic heterocycles. The van der Waals surface area contributed by atoms with E-state index >= 15 is 0 Å². The summed E-state index contributed by atoms with van der Waals surface area (Å²) in [6, 6.07) is 6.08. The third-order valence-corrected chi connectivity index (χ3v) is 5.38. The van der Waals surface area contributed by atoms with Crippen LogP contribution >= 0.6 is 0 Å². The number of aromatic nitrogens is 2. The summed E-state index contributed by atoms with van der Waals surface area (Å²) in [7, 11) is 1.68. The van der Waals surface area contributed by atoms with Crippen LogP contribution in [0.5, 0.6) is 11.5 Å². The van der Waals surface area contributed by atoms with Gasteiger partial charge in [-0.25, -0.2) is 0 Å². The second-order valence-corrected chi connectivity index (χ2v) is 7.93. The first-order chi connectivity index (χ1) is 16.8. The van der Waals surface area contributed by atoms with Gasteiger partial charge in [0.25, 0.3) is 0 Å². The summed E-state index contributed by atoms with van der Waals surface area (Å²) in [5.74, 6) is -0.132. The number of nitrogens with zero attached hydrogens (tertiary/aromatic N) is 4. The maximum Gasteiger partial charge on any atom is 0.387 e. The Balaban J connectivity index is 0.00000100. The van der Waals surface area contributed by atoms with E-state index in [9.17, 15) is 23.9 Å². The summed E-state index contributed by atoms with van der Waals surface area (Å²) in [5.41, 5.74) is 1.24. The van der Waals surface area contributed by atoms with Crippen LogP contribution in [0.25, 0.3) is 11.3 Å². The van der Waals surface area contributed by atoms with Gasteiger partial charge in [-0.15, -0.1) is 10.2 Å². The van der Waals surface area contributed by atoms with Gasteiger partial charge in [-0.1, -0.05) is 0 Å². The van der Waals surface area contributed by atoms with Gasteiger partial charge in [-0.3, -0.25) is 0 Å². The molecule has 0 aliphatic carbocycles. The number of carbonyl (C=O) groups excluding carboxylic acids is 1. The molecule has 0 saturated carbocycles. The number of alkyl halides is 2. The Bertz CT molecular complexity index is 991. The fraction of sp³-hybridized carbons (Fsp3) is 0.500. The molecule has 11 heteroatoms. The van der Waals surface area contributed by atoms with E-state index in [1.165, 1.54) is 12.1 Å². The highest BCUT2D eigenvalue weighted by Crippen LogP contribution is 2.36. The predicted octanol–water partition coefficient (Wildman–Crippen LogP) is 3.75. The van der Waals surface area contributed by atoms with Crippen molar-refractivity contribution in [3.05, 3.63) is 29.3 Å². The molecule has 1 fully saturated rings. The normalized spacial score (nSPS) is 15.6. The van der Waals surface area contributed by atoms with E-state index in [-0.39, 0.29) is 34.4 Å². The molecule has 0 spiro atoms. The number of carbonyl (C=O) groups is 1. The summed E-state index contributed by atoms with van der Waals surface area (Å²) in [6.07, 6.45) is 3.24. The van der Waals surface area contributed by atoms with Crippen molar-refractivity contribution in [2.75, 3.05) is 38.7 Å². The molecular weight excluding hydrogens is 460 g/mol. The molecule has 0 radical (unpaired) electrons. The minimum Gasteiger partial charge on any atom is -0.507 e. The van der Waals surface area contributed by atoms with Crippen LogP contribution in [-0.2, 0) is 9.53 Å². The zero-order valence-electron chi connectivity index (χ0n) is 20.1. The molecule has 35 heavy (non-hydrogen) atoms. The number of halogens is 2. The lowest BCUT2D eigenvalue weighted by Gasteiger charge is -2.33. The lowest BCUT2D eigenvalue weighted by Crippen LogP contribution is -2.42. The first-order valence-corrected chi connectivity index (χ1v) is 11.3. The first-order valence-electron chi connectivity index (χ1n) is 11.3. The summed E-state index contributed by atoms with van der Waals surface area (Å²) < 4.78 is 33.8. The third kappa shape index (κ3) is 8.42. The van der Waals surface area contributed by atoms with Crippen LogP contribution in [0, 0.1) is 18.3 Å². The topological polar surface area (TPSA) is 121 Å². The number of aromatic hydroxyl groups is 1. The average molecular weight is 492 g/mol. The van der Waals surface area contributed by atoms with Crippen LogP contribution in [0.3, 0.4) is 0 Å². The SMILES string of the molecule is CCOC.Cc1cc(OC(F)F)cc(O)c1-c1cc(C#N)c(NC2CCCN(CCC=O)C2)nn1. The fourth-order valence-electron chi connectivity index (χ4n) is 3.75. The number of hydrogen-bond donors (Lipinski definition) is 2. The van der Waals surface area contributed by atoms with Crippen molar-refractivity contribution in [3.63, 3.8) is 0 Å². The number of benzene rings is 1.